The average molecular weight is 351 g/mol. The molecule has 2 aliphatic rings. The van der Waals surface area contributed by atoms with Gasteiger partial charge >= 0.3 is 0 Å². The molecule has 1 aromatic rings. The van der Waals surface area contributed by atoms with Gasteiger partial charge in [0, 0.05) is 19.5 Å². The Morgan fingerprint density at radius 2 is 1.67 bits per heavy atom. The number of nitrogens with zero attached hydrogens (tertiary/aromatic N) is 1. The van der Waals surface area contributed by atoms with Crippen LogP contribution < -0.4 is 5.32 Å². The second kappa shape index (κ2) is 7.88. The fraction of sp³-hybridized carbons (Fsp3) is 0.650. The maximum absolute atomic E-state index is 12.8. The van der Waals surface area contributed by atoms with Crippen LogP contribution in [0.5, 0.6) is 0 Å². The summed E-state index contributed by atoms with van der Waals surface area (Å²) < 4.78 is 0. The number of halogens is 1. The van der Waals surface area contributed by atoms with Crippen molar-refractivity contribution in [2.45, 2.75) is 45.4 Å². The molecule has 0 radical (unpaired) electrons. The van der Waals surface area contributed by atoms with Crippen LogP contribution in [0.15, 0.2) is 24.3 Å². The highest BCUT2D eigenvalue weighted by molar-refractivity contribution is 5.85. The summed E-state index contributed by atoms with van der Waals surface area (Å²) >= 11 is 0. The van der Waals surface area contributed by atoms with E-state index in [1.807, 2.05) is 0 Å². The van der Waals surface area contributed by atoms with E-state index in [0.29, 0.717) is 12.3 Å². The summed E-state index contributed by atoms with van der Waals surface area (Å²) in [5.41, 5.74) is 2.42. The van der Waals surface area contributed by atoms with E-state index in [-0.39, 0.29) is 17.8 Å². The second-order valence-corrected chi connectivity index (χ2v) is 8.06. The van der Waals surface area contributed by atoms with Gasteiger partial charge in [-0.25, -0.2) is 0 Å². The van der Waals surface area contributed by atoms with Crippen LogP contribution in [0.3, 0.4) is 0 Å². The fourth-order valence-corrected chi connectivity index (χ4v) is 4.06. The molecule has 4 heteroatoms. The zero-order chi connectivity index (χ0) is 16.4. The van der Waals surface area contributed by atoms with Crippen molar-refractivity contribution in [3.63, 3.8) is 0 Å². The fourth-order valence-electron chi connectivity index (χ4n) is 4.06. The van der Waals surface area contributed by atoms with Crippen molar-refractivity contribution in [2.24, 2.45) is 11.8 Å². The molecule has 1 aromatic carbocycles. The van der Waals surface area contributed by atoms with Crippen LogP contribution in [0, 0.1) is 18.8 Å². The zero-order valence-electron chi connectivity index (χ0n) is 15.2. The van der Waals surface area contributed by atoms with Gasteiger partial charge in [-0.05, 0) is 55.7 Å². The third-order valence-electron chi connectivity index (χ3n) is 5.80. The van der Waals surface area contributed by atoms with Crippen LogP contribution in [0.4, 0.5) is 0 Å². The largest absolute Gasteiger partial charge is 0.343 e. The molecule has 0 bridgehead atoms. The molecule has 2 fully saturated rings. The molecular weight excluding hydrogens is 320 g/mol. The number of carbonyl (C=O) groups excluding carboxylic acids is 1. The first kappa shape index (κ1) is 19.3. The molecular formula is C20H31ClN2O. The predicted molar refractivity (Wildman–Crippen MR) is 102 cm³/mol. The van der Waals surface area contributed by atoms with E-state index in [2.05, 4.69) is 55.3 Å². The number of aryl methyl sites for hydroxylation is 1. The molecule has 3 rings (SSSR count). The summed E-state index contributed by atoms with van der Waals surface area (Å²) in [5.74, 6) is 1.87. The number of fused-ring (bicyclic) bond motifs is 1. The Hall–Kier alpha value is -1.06. The Labute approximate surface area is 152 Å². The Balaban J connectivity index is 0.00000208. The van der Waals surface area contributed by atoms with E-state index in [1.54, 1.807) is 0 Å². The number of carbonyl (C=O) groups is 1. The van der Waals surface area contributed by atoms with Gasteiger partial charge in [0.1, 0.15) is 0 Å². The highest BCUT2D eigenvalue weighted by Crippen LogP contribution is 2.31. The van der Waals surface area contributed by atoms with E-state index in [1.165, 1.54) is 11.1 Å². The molecule has 1 amide bonds. The first-order valence-electron chi connectivity index (χ1n) is 9.01. The number of hydrogen-bond acceptors (Lipinski definition) is 2. The Morgan fingerprint density at radius 1 is 1.12 bits per heavy atom. The molecule has 0 spiro atoms. The van der Waals surface area contributed by atoms with Gasteiger partial charge in [0.2, 0.25) is 5.91 Å². The minimum atomic E-state index is -0.103. The second-order valence-electron chi connectivity index (χ2n) is 8.06. The lowest BCUT2D eigenvalue weighted by Gasteiger charge is -2.29. The smallest absolute Gasteiger partial charge is 0.223 e. The van der Waals surface area contributed by atoms with Crippen LogP contribution in [0.2, 0.25) is 0 Å². The predicted octanol–water partition coefficient (Wildman–Crippen LogP) is 3.54. The van der Waals surface area contributed by atoms with Gasteiger partial charge < -0.3 is 10.2 Å². The van der Waals surface area contributed by atoms with Crippen molar-refractivity contribution in [3.05, 3.63) is 35.4 Å². The highest BCUT2D eigenvalue weighted by Gasteiger charge is 2.33. The molecule has 0 saturated carbocycles. The molecule has 0 aromatic heterocycles. The lowest BCUT2D eigenvalue weighted by molar-refractivity contribution is -0.132. The van der Waals surface area contributed by atoms with E-state index >= 15 is 0 Å². The summed E-state index contributed by atoms with van der Waals surface area (Å²) in [5, 5.41) is 3.50. The van der Waals surface area contributed by atoms with Crippen LogP contribution >= 0.6 is 12.4 Å². The van der Waals surface area contributed by atoms with E-state index < -0.39 is 0 Å². The molecule has 2 atom stereocenters. The maximum atomic E-state index is 12.8. The molecule has 1 N–H and O–H groups in total. The minimum absolute atomic E-state index is 0. The maximum Gasteiger partial charge on any atom is 0.223 e. The van der Waals surface area contributed by atoms with Gasteiger partial charge in [-0.3, -0.25) is 4.79 Å². The number of amides is 1. The molecule has 134 valence electrons. The molecule has 2 aliphatic heterocycles. The van der Waals surface area contributed by atoms with Crippen molar-refractivity contribution in [1.29, 1.82) is 0 Å². The number of benzene rings is 1. The Kier molecular flexibility index (Phi) is 6.33. The minimum Gasteiger partial charge on any atom is -0.343 e. The van der Waals surface area contributed by atoms with E-state index in [4.69, 9.17) is 0 Å². The van der Waals surface area contributed by atoms with Crippen molar-refractivity contribution >= 4 is 18.3 Å². The molecule has 2 heterocycles. The summed E-state index contributed by atoms with van der Waals surface area (Å²) in [6, 6.07) is 8.62. The lowest BCUT2D eigenvalue weighted by Crippen LogP contribution is -2.36. The van der Waals surface area contributed by atoms with Crippen molar-refractivity contribution in [3.8, 4) is 0 Å². The van der Waals surface area contributed by atoms with Crippen LogP contribution in [-0.2, 0) is 10.2 Å². The number of nitrogens with one attached hydrogen (secondary N) is 1. The molecule has 2 saturated heterocycles. The Morgan fingerprint density at radius 3 is 2.21 bits per heavy atom. The monoisotopic (exact) mass is 350 g/mol. The molecule has 24 heavy (non-hydrogen) atoms. The molecule has 0 unspecified atom stereocenters. The average Bonchev–Trinajstić information content (AvgIpc) is 2.85. The van der Waals surface area contributed by atoms with Gasteiger partial charge in [0.25, 0.3) is 0 Å². The van der Waals surface area contributed by atoms with Crippen LogP contribution in [-0.4, -0.2) is 37.0 Å². The summed E-state index contributed by atoms with van der Waals surface area (Å²) in [4.78, 5) is 15.0. The van der Waals surface area contributed by atoms with Gasteiger partial charge in [-0.2, -0.15) is 0 Å². The number of likely N-dealkylation sites (tertiary alicyclic amines) is 1. The highest BCUT2D eigenvalue weighted by atomic mass is 35.5. The topological polar surface area (TPSA) is 32.3 Å². The summed E-state index contributed by atoms with van der Waals surface area (Å²) in [7, 11) is 0. The van der Waals surface area contributed by atoms with Crippen LogP contribution in [0.25, 0.3) is 0 Å². The SMILES string of the molecule is Cc1ccc(C(C)(C)CC(=O)N2CC[C@@H]3CNC[C@@H]3CC2)cc1.Cl. The van der Waals surface area contributed by atoms with Gasteiger partial charge in [0.15, 0.2) is 0 Å². The van der Waals surface area contributed by atoms with Gasteiger partial charge in [0.05, 0.1) is 0 Å². The van der Waals surface area contributed by atoms with Crippen LogP contribution in [0.1, 0.15) is 44.2 Å². The van der Waals surface area contributed by atoms with E-state index in [9.17, 15) is 4.79 Å². The lowest BCUT2D eigenvalue weighted by atomic mass is 9.81. The standard InChI is InChI=1S/C20H30N2O.ClH/c1-15-4-6-18(7-5-15)20(2,3)12-19(23)22-10-8-16-13-21-14-17(16)9-11-22;/h4-7,16-17,21H,8-14H2,1-3H3;1H/t16-,17+;. The van der Waals surface area contributed by atoms with Crippen molar-refractivity contribution in [1.82, 2.24) is 10.2 Å². The van der Waals surface area contributed by atoms with Crippen molar-refractivity contribution in [2.75, 3.05) is 26.2 Å². The van der Waals surface area contributed by atoms with Gasteiger partial charge in [-0.15, -0.1) is 12.4 Å². The van der Waals surface area contributed by atoms with E-state index in [0.717, 1.165) is 50.9 Å². The first-order chi connectivity index (χ1) is 11.0. The summed E-state index contributed by atoms with van der Waals surface area (Å²) in [6.45, 7) is 10.6. The number of hydrogen-bond donors (Lipinski definition) is 1. The zero-order valence-corrected chi connectivity index (χ0v) is 16.0. The summed E-state index contributed by atoms with van der Waals surface area (Å²) in [6.07, 6.45) is 2.92. The number of rotatable bonds is 3. The first-order valence-corrected chi connectivity index (χ1v) is 9.01. The third kappa shape index (κ3) is 4.31. The normalized spacial score (nSPS) is 24.0. The quantitative estimate of drug-likeness (QED) is 0.904. The third-order valence-corrected chi connectivity index (χ3v) is 5.80. The molecule has 0 aliphatic carbocycles. The van der Waals surface area contributed by atoms with Crippen molar-refractivity contribution < 1.29 is 4.79 Å². The van der Waals surface area contributed by atoms with Gasteiger partial charge in [-0.1, -0.05) is 43.7 Å². The molecule has 3 nitrogen and oxygen atoms in total. The Bertz CT molecular complexity index is 541.